The molecule has 0 aliphatic rings. The molecule has 1 aromatic rings. The quantitative estimate of drug-likeness (QED) is 0.632. The standard InChI is InChI=1S/C9H8F3NO3/c1-5-3-2-4-6(7(5)13(15)16)8(14)9(10,11)12/h2-4,8,14H,1H3/t8-/m1/s1. The number of hydrogen-bond donors (Lipinski definition) is 1. The van der Waals surface area contributed by atoms with Crippen LogP contribution in [0.15, 0.2) is 18.2 Å². The van der Waals surface area contributed by atoms with Crippen LogP contribution in [-0.4, -0.2) is 16.2 Å². The number of alkyl halides is 3. The number of rotatable bonds is 2. The van der Waals surface area contributed by atoms with Gasteiger partial charge in [-0.15, -0.1) is 0 Å². The lowest BCUT2D eigenvalue weighted by molar-refractivity contribution is -0.387. The van der Waals surface area contributed by atoms with Crippen molar-refractivity contribution in [2.75, 3.05) is 0 Å². The van der Waals surface area contributed by atoms with Crippen LogP contribution < -0.4 is 0 Å². The summed E-state index contributed by atoms with van der Waals surface area (Å²) in [5.41, 5.74) is -1.37. The smallest absolute Gasteiger partial charge is 0.379 e. The van der Waals surface area contributed by atoms with Crippen molar-refractivity contribution in [3.63, 3.8) is 0 Å². The highest BCUT2D eigenvalue weighted by atomic mass is 19.4. The van der Waals surface area contributed by atoms with Crippen LogP contribution in [0.3, 0.4) is 0 Å². The fourth-order valence-electron chi connectivity index (χ4n) is 1.33. The number of nitro benzene ring substituents is 1. The molecule has 0 bridgehead atoms. The van der Waals surface area contributed by atoms with E-state index < -0.39 is 28.5 Å². The molecule has 1 aromatic carbocycles. The molecule has 88 valence electrons. The molecule has 0 radical (unpaired) electrons. The molecule has 0 amide bonds. The summed E-state index contributed by atoms with van der Waals surface area (Å²) in [7, 11) is 0. The van der Waals surface area contributed by atoms with E-state index in [0.717, 1.165) is 6.07 Å². The van der Waals surface area contributed by atoms with Crippen molar-refractivity contribution < 1.29 is 23.2 Å². The average molecular weight is 235 g/mol. The van der Waals surface area contributed by atoms with Gasteiger partial charge in [-0.1, -0.05) is 12.1 Å². The number of aliphatic hydroxyl groups is 1. The minimum atomic E-state index is -4.92. The van der Waals surface area contributed by atoms with E-state index in [0.29, 0.717) is 0 Å². The van der Waals surface area contributed by atoms with Crippen LogP contribution in [0.4, 0.5) is 18.9 Å². The lowest BCUT2D eigenvalue weighted by Gasteiger charge is -2.15. The monoisotopic (exact) mass is 235 g/mol. The van der Waals surface area contributed by atoms with Crippen molar-refractivity contribution in [2.45, 2.75) is 19.2 Å². The molecule has 0 fully saturated rings. The highest BCUT2D eigenvalue weighted by molar-refractivity contribution is 5.48. The first-order valence-corrected chi connectivity index (χ1v) is 4.24. The van der Waals surface area contributed by atoms with E-state index in [1.165, 1.54) is 19.1 Å². The van der Waals surface area contributed by atoms with Crippen LogP contribution in [0.5, 0.6) is 0 Å². The zero-order valence-electron chi connectivity index (χ0n) is 8.15. The first-order valence-electron chi connectivity index (χ1n) is 4.24. The van der Waals surface area contributed by atoms with E-state index in [1.807, 2.05) is 0 Å². The van der Waals surface area contributed by atoms with Gasteiger partial charge in [0.15, 0.2) is 6.10 Å². The molecule has 0 heterocycles. The Hall–Kier alpha value is -1.63. The molecular formula is C9H8F3NO3. The fourth-order valence-corrected chi connectivity index (χ4v) is 1.33. The SMILES string of the molecule is Cc1cccc([C@@H](O)C(F)(F)F)c1[N+](=O)[O-]. The molecule has 7 heteroatoms. The molecule has 0 saturated heterocycles. The maximum atomic E-state index is 12.2. The van der Waals surface area contributed by atoms with Crippen LogP contribution in [0.1, 0.15) is 17.2 Å². The van der Waals surface area contributed by atoms with Gasteiger partial charge in [-0.25, -0.2) is 0 Å². The minimum Gasteiger partial charge on any atom is -0.379 e. The summed E-state index contributed by atoms with van der Waals surface area (Å²) < 4.78 is 36.7. The summed E-state index contributed by atoms with van der Waals surface area (Å²) in [6, 6.07) is 3.43. The first-order chi connectivity index (χ1) is 7.25. The number of aliphatic hydroxyl groups excluding tert-OH is 1. The Balaban J connectivity index is 3.34. The Morgan fingerprint density at radius 1 is 1.44 bits per heavy atom. The van der Waals surface area contributed by atoms with Crippen molar-refractivity contribution >= 4 is 5.69 Å². The van der Waals surface area contributed by atoms with Gasteiger partial charge in [0.2, 0.25) is 0 Å². The molecule has 16 heavy (non-hydrogen) atoms. The summed E-state index contributed by atoms with van der Waals surface area (Å²) >= 11 is 0. The van der Waals surface area contributed by atoms with Gasteiger partial charge in [-0.2, -0.15) is 13.2 Å². The normalized spacial score (nSPS) is 13.6. The summed E-state index contributed by atoms with van der Waals surface area (Å²) in [4.78, 5) is 9.67. The van der Waals surface area contributed by atoms with Crippen LogP contribution in [0.25, 0.3) is 0 Å². The summed E-state index contributed by atoms with van der Waals surface area (Å²) in [5.74, 6) is 0. The van der Waals surface area contributed by atoms with Crippen molar-refractivity contribution in [2.24, 2.45) is 0 Å². The molecule has 0 saturated carbocycles. The lowest BCUT2D eigenvalue weighted by Crippen LogP contribution is -2.21. The van der Waals surface area contributed by atoms with Gasteiger partial charge in [-0.3, -0.25) is 10.1 Å². The Labute approximate surface area is 88.5 Å². The predicted molar refractivity (Wildman–Crippen MR) is 48.8 cm³/mol. The van der Waals surface area contributed by atoms with Gasteiger partial charge < -0.3 is 5.11 Å². The Bertz CT molecular complexity index is 417. The van der Waals surface area contributed by atoms with E-state index >= 15 is 0 Å². The number of para-hydroxylation sites is 1. The maximum absolute atomic E-state index is 12.2. The van der Waals surface area contributed by atoms with Gasteiger partial charge in [0.05, 0.1) is 10.5 Å². The number of halogens is 3. The van der Waals surface area contributed by atoms with Crippen LogP contribution in [0, 0.1) is 17.0 Å². The topological polar surface area (TPSA) is 63.4 Å². The number of nitro groups is 1. The Kier molecular flexibility index (Phi) is 3.18. The summed E-state index contributed by atoms with van der Waals surface area (Å²) in [6.45, 7) is 1.31. The molecule has 0 spiro atoms. The highest BCUT2D eigenvalue weighted by Gasteiger charge is 2.42. The minimum absolute atomic E-state index is 0.0748. The average Bonchev–Trinajstić information content (AvgIpc) is 2.14. The zero-order chi connectivity index (χ0) is 12.5. The molecule has 4 nitrogen and oxygen atoms in total. The second-order valence-electron chi connectivity index (χ2n) is 3.21. The lowest BCUT2D eigenvalue weighted by atomic mass is 10.0. The van der Waals surface area contributed by atoms with Crippen molar-refractivity contribution in [3.05, 3.63) is 39.4 Å². The molecule has 0 unspecified atom stereocenters. The van der Waals surface area contributed by atoms with Crippen LogP contribution in [0.2, 0.25) is 0 Å². The van der Waals surface area contributed by atoms with Crippen molar-refractivity contribution in [3.8, 4) is 0 Å². The second kappa shape index (κ2) is 4.09. The van der Waals surface area contributed by atoms with Gasteiger partial charge in [0, 0.05) is 5.56 Å². The first kappa shape index (κ1) is 12.4. The van der Waals surface area contributed by atoms with Gasteiger partial charge >= 0.3 is 6.18 Å². The fraction of sp³-hybridized carbons (Fsp3) is 0.333. The molecule has 1 rings (SSSR count). The van der Waals surface area contributed by atoms with Crippen molar-refractivity contribution in [1.82, 2.24) is 0 Å². The Morgan fingerprint density at radius 2 is 2.00 bits per heavy atom. The third kappa shape index (κ3) is 2.30. The molecule has 1 N–H and O–H groups in total. The number of hydrogen-bond acceptors (Lipinski definition) is 3. The number of aryl methyl sites for hydroxylation is 1. The number of benzene rings is 1. The van der Waals surface area contributed by atoms with Crippen LogP contribution >= 0.6 is 0 Å². The zero-order valence-corrected chi connectivity index (χ0v) is 8.15. The largest absolute Gasteiger partial charge is 0.418 e. The summed E-state index contributed by atoms with van der Waals surface area (Å²) in [5, 5.41) is 19.6. The molecule has 0 aromatic heterocycles. The predicted octanol–water partition coefficient (Wildman–Crippen LogP) is 2.50. The van der Waals surface area contributed by atoms with E-state index in [1.54, 1.807) is 0 Å². The van der Waals surface area contributed by atoms with Gasteiger partial charge in [-0.05, 0) is 13.0 Å². The summed E-state index contributed by atoms with van der Waals surface area (Å²) in [6.07, 6.45) is -7.76. The molecule has 1 atom stereocenters. The van der Waals surface area contributed by atoms with Crippen LogP contribution in [-0.2, 0) is 0 Å². The van der Waals surface area contributed by atoms with Crippen molar-refractivity contribution in [1.29, 1.82) is 0 Å². The second-order valence-corrected chi connectivity index (χ2v) is 3.21. The van der Waals surface area contributed by atoms with E-state index in [2.05, 4.69) is 0 Å². The Morgan fingerprint density at radius 3 is 2.44 bits per heavy atom. The molecular weight excluding hydrogens is 227 g/mol. The number of nitrogens with zero attached hydrogens (tertiary/aromatic N) is 1. The maximum Gasteiger partial charge on any atom is 0.418 e. The third-order valence-electron chi connectivity index (χ3n) is 2.06. The van der Waals surface area contributed by atoms with E-state index in [-0.39, 0.29) is 5.56 Å². The molecule has 0 aliphatic heterocycles. The highest BCUT2D eigenvalue weighted by Crippen LogP contribution is 2.37. The van der Waals surface area contributed by atoms with E-state index in [4.69, 9.17) is 5.11 Å². The molecule has 0 aliphatic carbocycles. The van der Waals surface area contributed by atoms with E-state index in [9.17, 15) is 23.3 Å². The van der Waals surface area contributed by atoms with Gasteiger partial charge in [0.1, 0.15) is 0 Å². The third-order valence-corrected chi connectivity index (χ3v) is 2.06. The van der Waals surface area contributed by atoms with Gasteiger partial charge in [0.25, 0.3) is 5.69 Å².